The summed E-state index contributed by atoms with van der Waals surface area (Å²) in [5, 5.41) is 8.82. The molecular weight excluding hydrogens is 258 g/mol. The number of carboxylic acids is 1. The summed E-state index contributed by atoms with van der Waals surface area (Å²) in [7, 11) is -3.63. The molecule has 0 aromatic carbocycles. The maximum absolute atomic E-state index is 12.3. The Morgan fingerprint density at radius 1 is 1.11 bits per heavy atom. The Morgan fingerprint density at radius 3 is 1.72 bits per heavy atom. The van der Waals surface area contributed by atoms with Crippen LogP contribution in [0.2, 0.25) is 0 Å². The Balaban J connectivity index is 5.55. The van der Waals surface area contributed by atoms with Crippen molar-refractivity contribution in [3.63, 3.8) is 0 Å². The van der Waals surface area contributed by atoms with Crippen molar-refractivity contribution in [3.05, 3.63) is 0 Å². The van der Waals surface area contributed by atoms with Crippen LogP contribution in [-0.2, 0) is 19.4 Å². The van der Waals surface area contributed by atoms with Gasteiger partial charge >= 0.3 is 5.97 Å². The van der Waals surface area contributed by atoms with Crippen LogP contribution in [0.4, 0.5) is 0 Å². The van der Waals surface area contributed by atoms with Crippen molar-refractivity contribution in [3.8, 4) is 0 Å². The van der Waals surface area contributed by atoms with E-state index in [1.54, 1.807) is 20.8 Å². The van der Waals surface area contributed by atoms with Crippen molar-refractivity contribution < 1.29 is 23.1 Å². The van der Waals surface area contributed by atoms with Gasteiger partial charge in [0.15, 0.2) is 9.84 Å². The number of hydrogen-bond donors (Lipinski definition) is 1. The summed E-state index contributed by atoms with van der Waals surface area (Å²) in [6.45, 7) is 7.02. The van der Waals surface area contributed by atoms with Crippen molar-refractivity contribution in [2.75, 3.05) is 12.8 Å². The van der Waals surface area contributed by atoms with Crippen LogP contribution in [0.3, 0.4) is 0 Å². The number of carbonyl (C=O) groups excluding carboxylic acids is 1. The first-order valence-corrected chi connectivity index (χ1v) is 7.34. The molecule has 0 radical (unpaired) electrons. The molecule has 0 saturated carbocycles. The van der Waals surface area contributed by atoms with Crippen LogP contribution >= 0.6 is 0 Å². The van der Waals surface area contributed by atoms with Gasteiger partial charge in [-0.3, -0.25) is 9.59 Å². The van der Waals surface area contributed by atoms with Gasteiger partial charge in [0.2, 0.25) is 5.91 Å². The highest BCUT2D eigenvalue weighted by molar-refractivity contribution is 7.92. The van der Waals surface area contributed by atoms with Crippen molar-refractivity contribution in [1.82, 2.24) is 4.90 Å². The maximum Gasteiger partial charge on any atom is 0.323 e. The maximum atomic E-state index is 12.3. The van der Waals surface area contributed by atoms with Crippen LogP contribution < -0.4 is 0 Å². The number of rotatable bonds is 4. The molecule has 0 bridgehead atoms. The quantitative estimate of drug-likeness (QED) is 0.810. The third-order valence-corrected chi connectivity index (χ3v) is 4.82. The third kappa shape index (κ3) is 3.69. The molecule has 0 unspecified atom stereocenters. The van der Waals surface area contributed by atoms with E-state index in [1.165, 1.54) is 13.8 Å². The SMILES string of the molecule is CC(C)(C)N(CC(=O)O)C(=O)C(C)(C)S(C)(=O)=O. The molecule has 18 heavy (non-hydrogen) atoms. The first kappa shape index (κ1) is 16.9. The molecular formula is C11H21NO5S. The van der Waals surface area contributed by atoms with Crippen LogP contribution in [0.5, 0.6) is 0 Å². The number of carbonyl (C=O) groups is 2. The Bertz CT molecular complexity index is 445. The third-order valence-electron chi connectivity index (χ3n) is 2.79. The highest BCUT2D eigenvalue weighted by Gasteiger charge is 2.44. The molecule has 6 nitrogen and oxygen atoms in total. The van der Waals surface area contributed by atoms with Crippen molar-refractivity contribution >= 4 is 21.7 Å². The van der Waals surface area contributed by atoms with Crippen LogP contribution in [0.25, 0.3) is 0 Å². The lowest BCUT2D eigenvalue weighted by Gasteiger charge is -2.38. The van der Waals surface area contributed by atoms with E-state index in [0.29, 0.717) is 0 Å². The Hall–Kier alpha value is -1.11. The summed E-state index contributed by atoms with van der Waals surface area (Å²) < 4.78 is 21.6. The lowest BCUT2D eigenvalue weighted by molar-refractivity contribution is -0.149. The minimum Gasteiger partial charge on any atom is -0.480 e. The zero-order valence-corrected chi connectivity index (χ0v) is 12.5. The molecule has 0 fully saturated rings. The molecule has 0 aromatic heterocycles. The zero-order chi connectivity index (χ0) is 14.9. The number of nitrogens with zero attached hydrogens (tertiary/aromatic N) is 1. The fourth-order valence-electron chi connectivity index (χ4n) is 1.23. The lowest BCUT2D eigenvalue weighted by Crippen LogP contribution is -2.57. The van der Waals surface area contributed by atoms with E-state index in [2.05, 4.69) is 0 Å². The normalized spacial score (nSPS) is 13.2. The standard InChI is InChI=1S/C11H21NO5S/c1-10(2,3)12(7-8(13)14)9(15)11(4,5)18(6,16)17/h7H2,1-6H3,(H,13,14). The van der Waals surface area contributed by atoms with Gasteiger partial charge in [0, 0.05) is 11.8 Å². The van der Waals surface area contributed by atoms with E-state index < -0.39 is 38.5 Å². The summed E-state index contributed by atoms with van der Waals surface area (Å²) in [6, 6.07) is 0. The second-order valence-corrected chi connectivity index (χ2v) is 8.30. The van der Waals surface area contributed by atoms with E-state index in [1.807, 2.05) is 0 Å². The van der Waals surface area contributed by atoms with Crippen LogP contribution in [0.15, 0.2) is 0 Å². The average molecular weight is 279 g/mol. The largest absolute Gasteiger partial charge is 0.480 e. The summed E-state index contributed by atoms with van der Waals surface area (Å²) in [5.74, 6) is -1.89. The van der Waals surface area contributed by atoms with Crippen molar-refractivity contribution in [2.24, 2.45) is 0 Å². The van der Waals surface area contributed by atoms with Gasteiger partial charge in [0.25, 0.3) is 0 Å². The van der Waals surface area contributed by atoms with E-state index in [0.717, 1.165) is 11.2 Å². The Labute approximate surface area is 108 Å². The predicted molar refractivity (Wildman–Crippen MR) is 68.0 cm³/mol. The molecule has 0 rings (SSSR count). The van der Waals surface area contributed by atoms with Gasteiger partial charge in [-0.15, -0.1) is 0 Å². The minimum absolute atomic E-state index is 0.527. The topological polar surface area (TPSA) is 91.8 Å². The fraction of sp³-hybridized carbons (Fsp3) is 0.818. The van der Waals surface area contributed by atoms with Crippen LogP contribution in [-0.4, -0.2) is 53.4 Å². The van der Waals surface area contributed by atoms with Gasteiger partial charge in [0.1, 0.15) is 11.3 Å². The first-order valence-electron chi connectivity index (χ1n) is 5.44. The molecule has 0 aliphatic heterocycles. The molecule has 106 valence electrons. The van der Waals surface area contributed by atoms with Gasteiger partial charge in [-0.05, 0) is 34.6 Å². The molecule has 0 aliphatic carbocycles. The fourth-order valence-corrected chi connectivity index (χ4v) is 1.66. The number of amides is 1. The van der Waals surface area contributed by atoms with E-state index in [-0.39, 0.29) is 0 Å². The summed E-state index contributed by atoms with van der Waals surface area (Å²) >= 11 is 0. The van der Waals surface area contributed by atoms with Crippen molar-refractivity contribution in [2.45, 2.75) is 44.9 Å². The molecule has 0 heterocycles. The molecule has 7 heteroatoms. The van der Waals surface area contributed by atoms with E-state index in [4.69, 9.17) is 5.11 Å². The molecule has 0 spiro atoms. The second-order valence-electron chi connectivity index (χ2n) is 5.74. The van der Waals surface area contributed by atoms with E-state index in [9.17, 15) is 18.0 Å². The summed E-state index contributed by atoms with van der Waals surface area (Å²) in [6.07, 6.45) is 0.965. The monoisotopic (exact) mass is 279 g/mol. The highest BCUT2D eigenvalue weighted by Crippen LogP contribution is 2.24. The number of aliphatic carboxylic acids is 1. The predicted octanol–water partition coefficient (Wildman–Crippen LogP) is 0.521. The van der Waals surface area contributed by atoms with E-state index >= 15 is 0 Å². The van der Waals surface area contributed by atoms with Crippen molar-refractivity contribution in [1.29, 1.82) is 0 Å². The van der Waals surface area contributed by atoms with Gasteiger partial charge in [0.05, 0.1) is 0 Å². The lowest BCUT2D eigenvalue weighted by atomic mass is 10.0. The van der Waals surface area contributed by atoms with Gasteiger partial charge < -0.3 is 10.0 Å². The van der Waals surface area contributed by atoms with Gasteiger partial charge in [-0.25, -0.2) is 8.42 Å². The highest BCUT2D eigenvalue weighted by atomic mass is 32.2. The number of carboxylic acid groups (broad SMARTS) is 1. The van der Waals surface area contributed by atoms with Crippen LogP contribution in [0.1, 0.15) is 34.6 Å². The van der Waals surface area contributed by atoms with Crippen LogP contribution in [0, 0.1) is 0 Å². The molecule has 1 amide bonds. The minimum atomic E-state index is -3.63. The molecule has 0 atom stereocenters. The number of sulfone groups is 1. The first-order chi connectivity index (χ1) is 7.71. The molecule has 0 aliphatic rings. The number of hydrogen-bond acceptors (Lipinski definition) is 4. The zero-order valence-electron chi connectivity index (χ0n) is 11.6. The molecule has 1 N–H and O–H groups in total. The second kappa shape index (κ2) is 4.87. The molecule has 0 saturated heterocycles. The molecule has 0 aromatic rings. The summed E-state index contributed by atoms with van der Waals surface area (Å²) in [4.78, 5) is 24.1. The Kier molecular flexibility index (Phi) is 4.57. The Morgan fingerprint density at radius 2 is 1.50 bits per heavy atom. The average Bonchev–Trinajstić information content (AvgIpc) is 2.09. The van der Waals surface area contributed by atoms with Gasteiger partial charge in [-0.2, -0.15) is 0 Å². The van der Waals surface area contributed by atoms with Gasteiger partial charge in [-0.1, -0.05) is 0 Å². The smallest absolute Gasteiger partial charge is 0.323 e. The summed E-state index contributed by atoms with van der Waals surface area (Å²) in [5.41, 5.74) is -0.766.